The zero-order chi connectivity index (χ0) is 15.6. The fourth-order valence-electron chi connectivity index (χ4n) is 2.55. The molecule has 114 valence electrons. The van der Waals surface area contributed by atoms with Crippen LogP contribution in [0.5, 0.6) is 0 Å². The smallest absolute Gasteiger partial charge is 0.311 e. The molecule has 2 rings (SSSR count). The van der Waals surface area contributed by atoms with E-state index in [-0.39, 0.29) is 12.5 Å². The summed E-state index contributed by atoms with van der Waals surface area (Å²) in [6.07, 6.45) is 2.85. The predicted octanol–water partition coefficient (Wildman–Crippen LogP) is 1.47. The number of aliphatic carboxylic acids is 1. The third-order valence-electron chi connectivity index (χ3n) is 3.95. The van der Waals surface area contributed by atoms with Crippen molar-refractivity contribution in [3.8, 4) is 0 Å². The van der Waals surface area contributed by atoms with Gasteiger partial charge in [-0.2, -0.15) is 0 Å². The van der Waals surface area contributed by atoms with Gasteiger partial charge in [0.15, 0.2) is 0 Å². The second-order valence-corrected chi connectivity index (χ2v) is 6.00. The molecule has 6 heteroatoms. The normalized spacial score (nSPS) is 22.0. The Balaban J connectivity index is 2.14. The molecule has 6 nitrogen and oxygen atoms in total. The molecule has 0 aliphatic carbocycles. The summed E-state index contributed by atoms with van der Waals surface area (Å²) in [6, 6.07) is 3.52. The number of anilines is 1. The lowest BCUT2D eigenvalue weighted by Crippen LogP contribution is -2.48. The van der Waals surface area contributed by atoms with Crippen molar-refractivity contribution >= 4 is 17.7 Å². The average Bonchev–Trinajstić information content (AvgIpc) is 2.46. The number of hydrogen-bond acceptors (Lipinski definition) is 4. The van der Waals surface area contributed by atoms with E-state index in [4.69, 9.17) is 0 Å². The Morgan fingerprint density at radius 2 is 2.10 bits per heavy atom. The van der Waals surface area contributed by atoms with Gasteiger partial charge in [-0.3, -0.25) is 9.59 Å². The van der Waals surface area contributed by atoms with Gasteiger partial charge < -0.3 is 14.9 Å². The van der Waals surface area contributed by atoms with Crippen molar-refractivity contribution in [2.45, 2.75) is 19.8 Å². The van der Waals surface area contributed by atoms with Crippen LogP contribution in [0.3, 0.4) is 0 Å². The topological polar surface area (TPSA) is 73.7 Å². The number of nitrogens with zero attached hydrogens (tertiary/aromatic N) is 3. The van der Waals surface area contributed by atoms with Gasteiger partial charge in [0.1, 0.15) is 5.82 Å². The van der Waals surface area contributed by atoms with E-state index in [0.29, 0.717) is 24.9 Å². The molecule has 0 radical (unpaired) electrons. The van der Waals surface area contributed by atoms with Crippen molar-refractivity contribution in [3.05, 3.63) is 23.9 Å². The van der Waals surface area contributed by atoms with Crippen LogP contribution in [0.15, 0.2) is 18.3 Å². The maximum Gasteiger partial charge on any atom is 0.311 e. The molecule has 0 spiro atoms. The molecule has 1 aromatic rings. The van der Waals surface area contributed by atoms with Gasteiger partial charge in [-0.05, 0) is 31.9 Å². The van der Waals surface area contributed by atoms with Crippen LogP contribution in [0.25, 0.3) is 0 Å². The molecular formula is C15H21N3O3. The van der Waals surface area contributed by atoms with Crippen LogP contribution >= 0.6 is 0 Å². The first-order chi connectivity index (χ1) is 9.83. The highest BCUT2D eigenvalue weighted by Gasteiger charge is 2.39. The van der Waals surface area contributed by atoms with Crippen molar-refractivity contribution in [2.75, 3.05) is 32.1 Å². The first-order valence-electron chi connectivity index (χ1n) is 6.99. The van der Waals surface area contributed by atoms with Crippen molar-refractivity contribution in [3.63, 3.8) is 0 Å². The molecule has 1 saturated heterocycles. The van der Waals surface area contributed by atoms with Crippen molar-refractivity contribution < 1.29 is 14.7 Å². The Morgan fingerprint density at radius 3 is 2.62 bits per heavy atom. The summed E-state index contributed by atoms with van der Waals surface area (Å²) in [5, 5.41) is 9.31. The van der Waals surface area contributed by atoms with Gasteiger partial charge in [-0.15, -0.1) is 0 Å². The molecule has 0 saturated carbocycles. The minimum absolute atomic E-state index is 0.153. The number of amides is 1. The summed E-state index contributed by atoms with van der Waals surface area (Å²) < 4.78 is 0. The van der Waals surface area contributed by atoms with Crippen LogP contribution in [0.1, 0.15) is 30.1 Å². The lowest BCUT2D eigenvalue weighted by Gasteiger charge is -2.37. The predicted molar refractivity (Wildman–Crippen MR) is 79.4 cm³/mol. The molecular weight excluding hydrogens is 270 g/mol. The zero-order valence-corrected chi connectivity index (χ0v) is 12.7. The minimum atomic E-state index is -0.856. The first-order valence-corrected chi connectivity index (χ1v) is 6.99. The molecule has 1 aromatic heterocycles. The van der Waals surface area contributed by atoms with Crippen LogP contribution in [-0.4, -0.2) is 54.1 Å². The van der Waals surface area contributed by atoms with E-state index in [2.05, 4.69) is 4.98 Å². The Labute approximate surface area is 124 Å². The van der Waals surface area contributed by atoms with E-state index in [0.717, 1.165) is 5.82 Å². The highest BCUT2D eigenvalue weighted by atomic mass is 16.4. The van der Waals surface area contributed by atoms with Gasteiger partial charge in [0, 0.05) is 33.4 Å². The second-order valence-electron chi connectivity index (χ2n) is 6.00. The summed E-state index contributed by atoms with van der Waals surface area (Å²) in [6.45, 7) is 2.54. The number of carbonyl (C=O) groups is 2. The Morgan fingerprint density at radius 1 is 1.38 bits per heavy atom. The zero-order valence-electron chi connectivity index (χ0n) is 12.7. The molecule has 2 heterocycles. The summed E-state index contributed by atoms with van der Waals surface area (Å²) in [5.41, 5.74) is -0.361. The summed E-state index contributed by atoms with van der Waals surface area (Å²) >= 11 is 0. The third-order valence-corrected chi connectivity index (χ3v) is 3.95. The molecule has 0 bridgehead atoms. The van der Waals surface area contributed by atoms with Crippen LogP contribution in [0, 0.1) is 5.41 Å². The molecule has 1 N–H and O–H groups in total. The fraction of sp³-hybridized carbons (Fsp3) is 0.533. The molecule has 1 atom stereocenters. The summed E-state index contributed by atoms with van der Waals surface area (Å²) in [5.74, 6) is -0.221. The van der Waals surface area contributed by atoms with Gasteiger partial charge in [-0.1, -0.05) is 0 Å². The fourth-order valence-corrected chi connectivity index (χ4v) is 2.55. The largest absolute Gasteiger partial charge is 0.481 e. The van der Waals surface area contributed by atoms with E-state index in [1.165, 1.54) is 0 Å². The van der Waals surface area contributed by atoms with Crippen LogP contribution in [0.4, 0.5) is 5.82 Å². The van der Waals surface area contributed by atoms with Gasteiger partial charge in [0.25, 0.3) is 5.91 Å². The van der Waals surface area contributed by atoms with Gasteiger partial charge in [-0.25, -0.2) is 4.98 Å². The van der Waals surface area contributed by atoms with E-state index in [9.17, 15) is 14.7 Å². The third kappa shape index (κ3) is 3.15. The monoisotopic (exact) mass is 291 g/mol. The summed E-state index contributed by atoms with van der Waals surface area (Å²) in [4.78, 5) is 31.5. The highest BCUT2D eigenvalue weighted by Crippen LogP contribution is 2.30. The average molecular weight is 291 g/mol. The minimum Gasteiger partial charge on any atom is -0.481 e. The molecule has 1 aliphatic heterocycles. The van der Waals surface area contributed by atoms with Gasteiger partial charge in [0.2, 0.25) is 0 Å². The summed E-state index contributed by atoms with van der Waals surface area (Å²) in [7, 11) is 3.76. The first kappa shape index (κ1) is 15.3. The number of carboxylic acids is 1. The SMILES string of the molecule is CN(C)c1ccc(C(=O)N2CCCC(C)(C(=O)O)C2)cn1. The molecule has 1 unspecified atom stereocenters. The maximum atomic E-state index is 12.5. The van der Waals surface area contributed by atoms with E-state index in [1.807, 2.05) is 19.0 Å². The van der Waals surface area contributed by atoms with E-state index >= 15 is 0 Å². The van der Waals surface area contributed by atoms with Crippen LogP contribution in [-0.2, 0) is 4.79 Å². The molecule has 1 amide bonds. The molecule has 0 aromatic carbocycles. The van der Waals surface area contributed by atoms with E-state index < -0.39 is 11.4 Å². The number of pyridine rings is 1. The number of carbonyl (C=O) groups excluding carboxylic acids is 1. The number of carboxylic acid groups (broad SMARTS) is 1. The Kier molecular flexibility index (Phi) is 4.16. The number of likely N-dealkylation sites (tertiary alicyclic amines) is 1. The van der Waals surface area contributed by atoms with Crippen molar-refractivity contribution in [1.82, 2.24) is 9.88 Å². The quantitative estimate of drug-likeness (QED) is 0.913. The number of hydrogen-bond donors (Lipinski definition) is 1. The van der Waals surface area contributed by atoms with E-state index in [1.54, 1.807) is 30.2 Å². The number of rotatable bonds is 3. The molecule has 21 heavy (non-hydrogen) atoms. The lowest BCUT2D eigenvalue weighted by atomic mass is 9.82. The van der Waals surface area contributed by atoms with Crippen molar-refractivity contribution in [1.29, 1.82) is 0 Å². The number of piperidine rings is 1. The molecule has 1 fully saturated rings. The van der Waals surface area contributed by atoms with Gasteiger partial charge >= 0.3 is 5.97 Å². The Bertz CT molecular complexity index is 542. The number of aromatic nitrogens is 1. The van der Waals surface area contributed by atoms with Crippen LogP contribution < -0.4 is 4.90 Å². The van der Waals surface area contributed by atoms with Crippen molar-refractivity contribution in [2.24, 2.45) is 5.41 Å². The highest BCUT2D eigenvalue weighted by molar-refractivity contribution is 5.94. The maximum absolute atomic E-state index is 12.5. The lowest BCUT2D eigenvalue weighted by molar-refractivity contribution is -0.150. The molecule has 1 aliphatic rings. The Hall–Kier alpha value is -2.11. The van der Waals surface area contributed by atoms with Gasteiger partial charge in [0.05, 0.1) is 11.0 Å². The standard InChI is InChI=1S/C15H21N3O3/c1-15(14(20)21)7-4-8-18(10-15)13(19)11-5-6-12(16-9-11)17(2)3/h5-6,9H,4,7-8,10H2,1-3H3,(H,20,21). The second kappa shape index (κ2) is 5.71. The van der Waals surface area contributed by atoms with Crippen LogP contribution in [0.2, 0.25) is 0 Å².